The summed E-state index contributed by atoms with van der Waals surface area (Å²) in [6.07, 6.45) is 2.64. The number of nitrogens with zero attached hydrogens (tertiary/aromatic N) is 1. The molecule has 0 radical (unpaired) electrons. The van der Waals surface area contributed by atoms with Crippen LogP contribution < -0.4 is 15.4 Å². The lowest BCUT2D eigenvalue weighted by Crippen LogP contribution is -2.41. The van der Waals surface area contributed by atoms with Crippen LogP contribution in [0.15, 0.2) is 33.7 Å². The number of nitrogens with one attached hydrogen (secondary N) is 2. The Bertz CT molecular complexity index is 464. The minimum absolute atomic E-state index is 0.606. The average Bonchev–Trinajstić information content (AvgIpc) is 3.00. The monoisotopic (exact) mass is 371 g/mol. The number of halogens is 1. The number of aliphatic imine (C=N–C) groups is 1. The lowest BCUT2D eigenvalue weighted by molar-refractivity contribution is 0.321. The Morgan fingerprint density at radius 3 is 3.10 bits per heavy atom. The number of guanidine groups is 1. The first-order valence-electron chi connectivity index (χ1n) is 7.22. The van der Waals surface area contributed by atoms with Gasteiger partial charge in [0.25, 0.3) is 0 Å². The molecule has 2 N–H and O–H groups in total. The van der Waals surface area contributed by atoms with Gasteiger partial charge in [-0.05, 0) is 36.8 Å². The fourth-order valence-corrected chi connectivity index (χ4v) is 3.71. The van der Waals surface area contributed by atoms with Crippen molar-refractivity contribution in [2.24, 2.45) is 4.99 Å². The third-order valence-electron chi connectivity index (χ3n) is 3.20. The molecule has 0 spiro atoms. The highest BCUT2D eigenvalue weighted by Gasteiger charge is 2.15. The van der Waals surface area contributed by atoms with Crippen LogP contribution in [0.5, 0.6) is 5.75 Å². The van der Waals surface area contributed by atoms with Gasteiger partial charge in [-0.15, -0.1) is 0 Å². The van der Waals surface area contributed by atoms with E-state index in [9.17, 15) is 0 Å². The first-order chi connectivity index (χ1) is 10.3. The van der Waals surface area contributed by atoms with E-state index < -0.39 is 0 Å². The van der Waals surface area contributed by atoms with Crippen LogP contribution in [0, 0.1) is 0 Å². The lowest BCUT2D eigenvalue weighted by atomic mass is 10.2. The van der Waals surface area contributed by atoms with E-state index in [2.05, 4.69) is 31.6 Å². The summed E-state index contributed by atoms with van der Waals surface area (Å²) in [7, 11) is 1.80. The zero-order valence-corrected chi connectivity index (χ0v) is 14.7. The smallest absolute Gasteiger partial charge is 0.191 e. The van der Waals surface area contributed by atoms with E-state index in [4.69, 9.17) is 4.74 Å². The van der Waals surface area contributed by atoms with Crippen molar-refractivity contribution in [3.05, 3.63) is 28.7 Å². The van der Waals surface area contributed by atoms with Gasteiger partial charge in [-0.2, -0.15) is 11.8 Å². The highest BCUT2D eigenvalue weighted by atomic mass is 79.9. The number of hydrogen-bond acceptors (Lipinski definition) is 3. The van der Waals surface area contributed by atoms with Crippen LogP contribution in [0.25, 0.3) is 0 Å². The maximum Gasteiger partial charge on any atom is 0.191 e. The predicted molar refractivity (Wildman–Crippen MR) is 94.5 cm³/mol. The van der Waals surface area contributed by atoms with E-state index in [-0.39, 0.29) is 0 Å². The topological polar surface area (TPSA) is 45.7 Å². The number of hydrogen-bond donors (Lipinski definition) is 2. The summed E-state index contributed by atoms with van der Waals surface area (Å²) >= 11 is 5.48. The van der Waals surface area contributed by atoms with Gasteiger partial charge >= 0.3 is 0 Å². The van der Waals surface area contributed by atoms with E-state index in [1.807, 2.05) is 36.0 Å². The van der Waals surface area contributed by atoms with Crippen LogP contribution in [-0.2, 0) is 0 Å². The fraction of sp³-hybridized carbons (Fsp3) is 0.533. The zero-order valence-electron chi connectivity index (χ0n) is 12.3. The molecule has 2 rings (SSSR count). The molecule has 116 valence electrons. The van der Waals surface area contributed by atoms with Gasteiger partial charge in [0.15, 0.2) is 5.96 Å². The summed E-state index contributed by atoms with van der Waals surface area (Å²) in [5, 5.41) is 7.37. The van der Waals surface area contributed by atoms with Crippen molar-refractivity contribution < 1.29 is 4.74 Å². The second-order valence-corrected chi connectivity index (χ2v) is 7.14. The molecule has 0 aliphatic carbocycles. The third-order valence-corrected chi connectivity index (χ3v) is 5.10. The van der Waals surface area contributed by atoms with Crippen molar-refractivity contribution in [2.75, 3.05) is 32.5 Å². The van der Waals surface area contributed by atoms with E-state index in [1.54, 1.807) is 7.05 Å². The van der Waals surface area contributed by atoms with Crippen LogP contribution in [0.4, 0.5) is 0 Å². The molecule has 1 aliphatic rings. The van der Waals surface area contributed by atoms with Crippen molar-refractivity contribution in [3.8, 4) is 5.75 Å². The lowest BCUT2D eigenvalue weighted by Gasteiger charge is -2.15. The van der Waals surface area contributed by atoms with Gasteiger partial charge in [-0.3, -0.25) is 4.99 Å². The largest absolute Gasteiger partial charge is 0.492 e. The molecule has 0 saturated carbocycles. The minimum atomic E-state index is 0.606. The normalized spacial score (nSPS) is 18.6. The Labute approximate surface area is 139 Å². The number of benzene rings is 1. The second kappa shape index (κ2) is 9.20. The molecule has 1 aromatic carbocycles. The van der Waals surface area contributed by atoms with Gasteiger partial charge in [-0.25, -0.2) is 0 Å². The van der Waals surface area contributed by atoms with Gasteiger partial charge in [0, 0.05) is 23.3 Å². The standard InChI is InChI=1S/C15H22BrN3OS/c1-17-15(19-11-14-6-3-9-21-14)18-7-8-20-13-5-2-4-12(16)10-13/h2,4-5,10,14H,3,6-9,11H2,1H3,(H2,17,18,19). The first kappa shape index (κ1) is 16.5. The molecule has 0 bridgehead atoms. The van der Waals surface area contributed by atoms with Crippen molar-refractivity contribution in [2.45, 2.75) is 18.1 Å². The average molecular weight is 372 g/mol. The van der Waals surface area contributed by atoms with Crippen LogP contribution >= 0.6 is 27.7 Å². The van der Waals surface area contributed by atoms with Crippen molar-refractivity contribution in [3.63, 3.8) is 0 Å². The van der Waals surface area contributed by atoms with Gasteiger partial charge in [0.1, 0.15) is 12.4 Å². The maximum absolute atomic E-state index is 5.68. The highest BCUT2D eigenvalue weighted by molar-refractivity contribution is 9.10. The first-order valence-corrected chi connectivity index (χ1v) is 9.06. The Balaban J connectivity index is 1.61. The highest BCUT2D eigenvalue weighted by Crippen LogP contribution is 2.25. The molecule has 1 unspecified atom stereocenters. The fourth-order valence-electron chi connectivity index (χ4n) is 2.13. The molecule has 4 nitrogen and oxygen atoms in total. The molecule has 1 saturated heterocycles. The predicted octanol–water partition coefficient (Wildman–Crippen LogP) is 2.89. The molecule has 6 heteroatoms. The molecule has 0 amide bonds. The SMILES string of the molecule is CN=C(NCCOc1cccc(Br)c1)NCC1CCCS1. The van der Waals surface area contributed by atoms with E-state index in [0.717, 1.165) is 34.5 Å². The number of ether oxygens (including phenoxy) is 1. The molecule has 21 heavy (non-hydrogen) atoms. The van der Waals surface area contributed by atoms with Gasteiger partial charge in [0.05, 0.1) is 6.54 Å². The number of rotatable bonds is 6. The molecule has 1 aromatic rings. The minimum Gasteiger partial charge on any atom is -0.492 e. The van der Waals surface area contributed by atoms with Crippen LogP contribution in [0.2, 0.25) is 0 Å². The van der Waals surface area contributed by atoms with E-state index in [0.29, 0.717) is 6.61 Å². The summed E-state index contributed by atoms with van der Waals surface area (Å²) < 4.78 is 6.71. The Kier molecular flexibility index (Phi) is 7.23. The van der Waals surface area contributed by atoms with Crippen LogP contribution in [0.1, 0.15) is 12.8 Å². The Morgan fingerprint density at radius 2 is 2.38 bits per heavy atom. The summed E-state index contributed by atoms with van der Waals surface area (Å²) in [6.45, 7) is 2.32. The summed E-state index contributed by atoms with van der Waals surface area (Å²) in [6, 6.07) is 7.87. The molecule has 1 heterocycles. The van der Waals surface area contributed by atoms with E-state index in [1.165, 1.54) is 18.6 Å². The van der Waals surface area contributed by atoms with Crippen molar-refractivity contribution in [1.82, 2.24) is 10.6 Å². The quantitative estimate of drug-likeness (QED) is 0.458. The summed E-state index contributed by atoms with van der Waals surface area (Å²) in [4.78, 5) is 4.23. The molecule has 0 aromatic heterocycles. The molecular formula is C15H22BrN3OS. The number of thioether (sulfide) groups is 1. The molecular weight excluding hydrogens is 350 g/mol. The molecule has 1 atom stereocenters. The molecule has 1 fully saturated rings. The van der Waals surface area contributed by atoms with E-state index >= 15 is 0 Å². The Hall–Kier alpha value is -0.880. The van der Waals surface area contributed by atoms with Crippen molar-refractivity contribution >= 4 is 33.7 Å². The van der Waals surface area contributed by atoms with Gasteiger partial charge in [-0.1, -0.05) is 22.0 Å². The van der Waals surface area contributed by atoms with Crippen LogP contribution in [-0.4, -0.2) is 43.7 Å². The summed E-state index contributed by atoms with van der Waals surface area (Å²) in [5.74, 6) is 3.01. The van der Waals surface area contributed by atoms with Gasteiger partial charge < -0.3 is 15.4 Å². The van der Waals surface area contributed by atoms with Crippen molar-refractivity contribution in [1.29, 1.82) is 0 Å². The summed E-state index contributed by atoms with van der Waals surface area (Å²) in [5.41, 5.74) is 0. The molecule has 1 aliphatic heterocycles. The zero-order chi connectivity index (χ0) is 14.9. The maximum atomic E-state index is 5.68. The van der Waals surface area contributed by atoms with Crippen LogP contribution in [0.3, 0.4) is 0 Å². The third kappa shape index (κ3) is 6.18. The second-order valence-electron chi connectivity index (χ2n) is 4.82. The Morgan fingerprint density at radius 1 is 1.48 bits per heavy atom. The van der Waals surface area contributed by atoms with Gasteiger partial charge in [0.2, 0.25) is 0 Å².